The third-order valence-electron chi connectivity index (χ3n) is 4.04. The minimum Gasteiger partial charge on any atom is -0.361 e. The zero-order chi connectivity index (χ0) is 12.5. The summed E-state index contributed by atoms with van der Waals surface area (Å²) in [6.07, 6.45) is 2.32. The van der Waals surface area contributed by atoms with Crippen LogP contribution in [0.25, 0.3) is 0 Å². The van der Waals surface area contributed by atoms with Crippen molar-refractivity contribution in [3.63, 3.8) is 0 Å². The lowest BCUT2D eigenvalue weighted by atomic mass is 10.1. The van der Waals surface area contributed by atoms with E-state index in [1.165, 1.54) is 19.5 Å². The standard InChI is InChI=1S/C14H23N3O.2ClH/c1-10(2)5-13-6-12(16-18-13)8-17-7-11-3-4-15-14(11)9-17;;/h6,10-11,14-15H,3-5,7-9H2,1-2H3;2*1H/t11-,14+;;/m0../s1. The first-order valence-corrected chi connectivity index (χ1v) is 7.11. The van der Waals surface area contributed by atoms with Crippen LogP contribution < -0.4 is 5.32 Å². The molecule has 0 aromatic carbocycles. The van der Waals surface area contributed by atoms with Gasteiger partial charge in [0.2, 0.25) is 0 Å². The molecule has 20 heavy (non-hydrogen) atoms. The highest BCUT2D eigenvalue weighted by molar-refractivity contribution is 5.85. The summed E-state index contributed by atoms with van der Waals surface area (Å²) in [4.78, 5) is 2.50. The Kier molecular flexibility index (Phi) is 6.79. The summed E-state index contributed by atoms with van der Waals surface area (Å²) in [5, 5.41) is 7.77. The average Bonchev–Trinajstić information content (AvgIpc) is 2.93. The number of fused-ring (bicyclic) bond motifs is 1. The quantitative estimate of drug-likeness (QED) is 0.925. The van der Waals surface area contributed by atoms with Crippen LogP contribution in [0.5, 0.6) is 0 Å². The molecule has 0 spiro atoms. The Morgan fingerprint density at radius 3 is 2.90 bits per heavy atom. The Labute approximate surface area is 133 Å². The summed E-state index contributed by atoms with van der Waals surface area (Å²) in [6, 6.07) is 2.84. The van der Waals surface area contributed by atoms with Crippen molar-refractivity contribution in [1.82, 2.24) is 15.4 Å². The van der Waals surface area contributed by atoms with Crippen molar-refractivity contribution in [2.45, 2.75) is 39.3 Å². The van der Waals surface area contributed by atoms with Gasteiger partial charge in [-0.3, -0.25) is 4.90 Å². The Bertz CT molecular complexity index is 399. The summed E-state index contributed by atoms with van der Waals surface area (Å²) < 4.78 is 5.39. The molecule has 116 valence electrons. The van der Waals surface area contributed by atoms with Gasteiger partial charge in [0.1, 0.15) is 5.76 Å². The van der Waals surface area contributed by atoms with E-state index >= 15 is 0 Å². The number of likely N-dealkylation sites (tertiary alicyclic amines) is 1. The monoisotopic (exact) mass is 321 g/mol. The molecule has 1 aromatic heterocycles. The van der Waals surface area contributed by atoms with E-state index in [0.29, 0.717) is 12.0 Å². The van der Waals surface area contributed by atoms with Gasteiger partial charge < -0.3 is 9.84 Å². The summed E-state index contributed by atoms with van der Waals surface area (Å²) in [5.74, 6) is 2.51. The predicted molar refractivity (Wildman–Crippen MR) is 84.7 cm³/mol. The molecule has 0 aliphatic carbocycles. The zero-order valence-corrected chi connectivity index (χ0v) is 13.8. The first kappa shape index (κ1) is 17.8. The molecular weight excluding hydrogens is 297 g/mol. The molecule has 1 N–H and O–H groups in total. The van der Waals surface area contributed by atoms with E-state index in [2.05, 4.69) is 35.3 Å². The second-order valence-electron chi connectivity index (χ2n) is 6.19. The number of hydrogen-bond donors (Lipinski definition) is 1. The van der Waals surface area contributed by atoms with Crippen LogP contribution in [-0.2, 0) is 13.0 Å². The van der Waals surface area contributed by atoms with Crippen LogP contribution in [0.2, 0.25) is 0 Å². The molecule has 3 heterocycles. The molecule has 0 saturated carbocycles. The average molecular weight is 322 g/mol. The zero-order valence-electron chi connectivity index (χ0n) is 12.2. The molecule has 3 rings (SSSR count). The molecule has 2 atom stereocenters. The van der Waals surface area contributed by atoms with Gasteiger partial charge in [-0.05, 0) is 24.8 Å². The van der Waals surface area contributed by atoms with Gasteiger partial charge in [-0.1, -0.05) is 19.0 Å². The number of halogens is 2. The normalized spacial score (nSPS) is 25.4. The lowest BCUT2D eigenvalue weighted by Crippen LogP contribution is -2.29. The summed E-state index contributed by atoms with van der Waals surface area (Å²) in [5.41, 5.74) is 1.09. The smallest absolute Gasteiger partial charge is 0.137 e. The Balaban J connectivity index is 0.000001000. The fourth-order valence-electron chi connectivity index (χ4n) is 3.23. The van der Waals surface area contributed by atoms with Gasteiger partial charge in [0.25, 0.3) is 0 Å². The van der Waals surface area contributed by atoms with E-state index < -0.39 is 0 Å². The Hall–Kier alpha value is -0.290. The molecule has 0 amide bonds. The van der Waals surface area contributed by atoms with Gasteiger partial charge >= 0.3 is 0 Å². The molecule has 2 saturated heterocycles. The maximum absolute atomic E-state index is 5.39. The second kappa shape index (κ2) is 7.64. The van der Waals surface area contributed by atoms with Crippen molar-refractivity contribution in [2.24, 2.45) is 11.8 Å². The molecule has 2 aliphatic rings. The van der Waals surface area contributed by atoms with Crippen molar-refractivity contribution in [2.75, 3.05) is 19.6 Å². The van der Waals surface area contributed by atoms with Gasteiger partial charge in [-0.15, -0.1) is 24.8 Å². The van der Waals surface area contributed by atoms with Crippen LogP contribution in [0, 0.1) is 11.8 Å². The highest BCUT2D eigenvalue weighted by atomic mass is 35.5. The van der Waals surface area contributed by atoms with Crippen LogP contribution in [0.4, 0.5) is 0 Å². The fourth-order valence-corrected chi connectivity index (χ4v) is 3.23. The highest BCUT2D eigenvalue weighted by Crippen LogP contribution is 2.25. The SMILES string of the molecule is CC(C)Cc1cc(CN2C[C@@H]3CCN[C@@H]3C2)no1.Cl.Cl. The maximum Gasteiger partial charge on any atom is 0.137 e. The van der Waals surface area contributed by atoms with E-state index in [1.807, 2.05) is 0 Å². The van der Waals surface area contributed by atoms with E-state index in [4.69, 9.17) is 4.52 Å². The number of aromatic nitrogens is 1. The van der Waals surface area contributed by atoms with Crippen LogP contribution in [0.15, 0.2) is 10.6 Å². The lowest BCUT2D eigenvalue weighted by molar-refractivity contribution is 0.290. The van der Waals surface area contributed by atoms with Crippen molar-refractivity contribution >= 4 is 24.8 Å². The largest absolute Gasteiger partial charge is 0.361 e. The van der Waals surface area contributed by atoms with Gasteiger partial charge in [-0.2, -0.15) is 0 Å². The molecule has 0 radical (unpaired) electrons. The fraction of sp³-hybridized carbons (Fsp3) is 0.786. The van der Waals surface area contributed by atoms with E-state index in [9.17, 15) is 0 Å². The summed E-state index contributed by atoms with van der Waals surface area (Å²) in [6.45, 7) is 8.92. The van der Waals surface area contributed by atoms with Gasteiger partial charge in [-0.25, -0.2) is 0 Å². The van der Waals surface area contributed by atoms with Crippen LogP contribution in [0.3, 0.4) is 0 Å². The van der Waals surface area contributed by atoms with Gasteiger partial charge in [0, 0.05) is 38.2 Å². The molecule has 1 aromatic rings. The molecule has 0 bridgehead atoms. The second-order valence-corrected chi connectivity index (χ2v) is 6.19. The Morgan fingerprint density at radius 1 is 1.40 bits per heavy atom. The highest BCUT2D eigenvalue weighted by Gasteiger charge is 2.35. The van der Waals surface area contributed by atoms with Crippen molar-refractivity contribution in [3.05, 3.63) is 17.5 Å². The minimum atomic E-state index is 0. The number of nitrogens with zero attached hydrogens (tertiary/aromatic N) is 2. The predicted octanol–water partition coefficient (Wildman–Crippen LogP) is 2.51. The molecule has 6 heteroatoms. The summed E-state index contributed by atoms with van der Waals surface area (Å²) in [7, 11) is 0. The first-order valence-electron chi connectivity index (χ1n) is 7.11. The van der Waals surface area contributed by atoms with E-state index in [1.54, 1.807) is 0 Å². The maximum atomic E-state index is 5.39. The van der Waals surface area contributed by atoms with Gasteiger partial charge in [0.15, 0.2) is 0 Å². The van der Waals surface area contributed by atoms with Gasteiger partial charge in [0.05, 0.1) is 5.69 Å². The molecule has 0 unspecified atom stereocenters. The lowest BCUT2D eigenvalue weighted by Gasteiger charge is -2.14. The van der Waals surface area contributed by atoms with Crippen molar-refractivity contribution < 1.29 is 4.52 Å². The number of hydrogen-bond acceptors (Lipinski definition) is 4. The van der Waals surface area contributed by atoms with Crippen molar-refractivity contribution in [1.29, 1.82) is 0 Å². The van der Waals surface area contributed by atoms with Crippen molar-refractivity contribution in [3.8, 4) is 0 Å². The minimum absolute atomic E-state index is 0. The Morgan fingerprint density at radius 2 is 2.20 bits per heavy atom. The first-order chi connectivity index (χ1) is 8.70. The van der Waals surface area contributed by atoms with Crippen LogP contribution in [-0.4, -0.2) is 35.7 Å². The number of nitrogens with one attached hydrogen (secondary N) is 1. The van der Waals surface area contributed by atoms with E-state index in [0.717, 1.165) is 36.9 Å². The molecule has 4 nitrogen and oxygen atoms in total. The molecule has 2 fully saturated rings. The summed E-state index contributed by atoms with van der Waals surface area (Å²) >= 11 is 0. The molecule has 2 aliphatic heterocycles. The third-order valence-corrected chi connectivity index (χ3v) is 4.04. The van der Waals surface area contributed by atoms with Crippen LogP contribution >= 0.6 is 24.8 Å². The number of rotatable bonds is 4. The third kappa shape index (κ3) is 4.10. The van der Waals surface area contributed by atoms with Crippen LogP contribution in [0.1, 0.15) is 31.7 Å². The topological polar surface area (TPSA) is 41.3 Å². The molecular formula is C14H25Cl2N3O. The van der Waals surface area contributed by atoms with E-state index in [-0.39, 0.29) is 24.8 Å².